The zero-order valence-electron chi connectivity index (χ0n) is 10.3. The molecular formula is C15H9BrFNO2. The lowest BCUT2D eigenvalue weighted by molar-refractivity contribution is 0.0468. The summed E-state index contributed by atoms with van der Waals surface area (Å²) >= 11 is 3.24. The Morgan fingerprint density at radius 3 is 2.75 bits per heavy atom. The number of rotatable bonds is 3. The van der Waals surface area contributed by atoms with Crippen molar-refractivity contribution < 1.29 is 13.9 Å². The second-order valence-electron chi connectivity index (χ2n) is 3.97. The number of hydrogen-bond donors (Lipinski definition) is 0. The number of nitriles is 1. The van der Waals surface area contributed by atoms with E-state index in [1.807, 2.05) is 6.07 Å². The Kier molecular flexibility index (Phi) is 4.49. The van der Waals surface area contributed by atoms with Crippen LogP contribution in [-0.2, 0) is 11.3 Å². The van der Waals surface area contributed by atoms with Crippen LogP contribution in [0.1, 0.15) is 21.5 Å². The number of carbonyl (C=O) groups is 1. The lowest BCUT2D eigenvalue weighted by Crippen LogP contribution is -2.07. The Bertz CT molecular complexity index is 695. The van der Waals surface area contributed by atoms with Crippen molar-refractivity contribution in [3.05, 3.63) is 69.4 Å². The van der Waals surface area contributed by atoms with Gasteiger partial charge >= 0.3 is 5.97 Å². The molecule has 0 N–H and O–H groups in total. The van der Waals surface area contributed by atoms with E-state index in [-0.39, 0.29) is 12.2 Å². The van der Waals surface area contributed by atoms with Crippen LogP contribution >= 0.6 is 15.9 Å². The molecule has 0 heterocycles. The van der Waals surface area contributed by atoms with Gasteiger partial charge in [-0.2, -0.15) is 5.26 Å². The summed E-state index contributed by atoms with van der Waals surface area (Å²) < 4.78 is 19.2. The second kappa shape index (κ2) is 6.31. The lowest BCUT2D eigenvalue weighted by Gasteiger charge is -2.07. The highest BCUT2D eigenvalue weighted by atomic mass is 79.9. The Hall–Kier alpha value is -2.19. The van der Waals surface area contributed by atoms with Crippen LogP contribution < -0.4 is 0 Å². The third-order valence-corrected chi connectivity index (χ3v) is 3.32. The Labute approximate surface area is 123 Å². The molecule has 0 saturated carbocycles. The third kappa shape index (κ3) is 3.22. The molecule has 2 rings (SSSR count). The number of ether oxygens (including phenoxy) is 1. The van der Waals surface area contributed by atoms with Crippen LogP contribution in [-0.4, -0.2) is 5.97 Å². The Morgan fingerprint density at radius 2 is 2.05 bits per heavy atom. The van der Waals surface area contributed by atoms with Gasteiger partial charge in [0, 0.05) is 10.0 Å². The second-order valence-corrected chi connectivity index (χ2v) is 4.83. The Morgan fingerprint density at radius 1 is 1.30 bits per heavy atom. The van der Waals surface area contributed by atoms with Crippen molar-refractivity contribution in [1.82, 2.24) is 0 Å². The van der Waals surface area contributed by atoms with Crippen LogP contribution in [0, 0.1) is 17.1 Å². The fraction of sp³-hybridized carbons (Fsp3) is 0.0667. The summed E-state index contributed by atoms with van der Waals surface area (Å²) in [5.41, 5.74) is 0.854. The maximum absolute atomic E-state index is 13.5. The first-order valence-electron chi connectivity index (χ1n) is 5.72. The summed E-state index contributed by atoms with van der Waals surface area (Å²) in [4.78, 5) is 11.9. The summed E-state index contributed by atoms with van der Waals surface area (Å²) in [6, 6.07) is 12.6. The SMILES string of the molecule is N#Cc1ccc(F)c(COC(=O)c2ccccc2Br)c1. The van der Waals surface area contributed by atoms with E-state index >= 15 is 0 Å². The first kappa shape index (κ1) is 14.2. The zero-order valence-corrected chi connectivity index (χ0v) is 11.9. The van der Waals surface area contributed by atoms with Gasteiger partial charge in [-0.3, -0.25) is 0 Å². The first-order chi connectivity index (χ1) is 9.61. The average Bonchev–Trinajstić information content (AvgIpc) is 2.46. The lowest BCUT2D eigenvalue weighted by atomic mass is 10.1. The van der Waals surface area contributed by atoms with Crippen LogP contribution in [0.25, 0.3) is 0 Å². The normalized spacial score (nSPS) is 9.85. The molecule has 0 radical (unpaired) electrons. The summed E-state index contributed by atoms with van der Waals surface area (Å²) in [6.45, 7) is -0.221. The van der Waals surface area contributed by atoms with Gasteiger partial charge in [0.05, 0.1) is 17.2 Å². The van der Waals surface area contributed by atoms with Gasteiger partial charge < -0.3 is 4.74 Å². The van der Waals surface area contributed by atoms with Gasteiger partial charge in [-0.25, -0.2) is 9.18 Å². The number of nitrogens with zero attached hydrogens (tertiary/aromatic N) is 1. The fourth-order valence-electron chi connectivity index (χ4n) is 1.60. The fourth-order valence-corrected chi connectivity index (χ4v) is 2.05. The Balaban J connectivity index is 2.12. The van der Waals surface area contributed by atoms with Crippen LogP contribution in [0.4, 0.5) is 4.39 Å². The molecule has 0 unspecified atom stereocenters. The minimum absolute atomic E-state index is 0.171. The molecular weight excluding hydrogens is 325 g/mol. The minimum Gasteiger partial charge on any atom is -0.457 e. The van der Waals surface area contributed by atoms with Crippen molar-refractivity contribution in [3.63, 3.8) is 0 Å². The van der Waals surface area contributed by atoms with Crippen LogP contribution in [0.15, 0.2) is 46.9 Å². The zero-order chi connectivity index (χ0) is 14.5. The van der Waals surface area contributed by atoms with E-state index in [2.05, 4.69) is 15.9 Å². The number of hydrogen-bond acceptors (Lipinski definition) is 3. The van der Waals surface area contributed by atoms with E-state index in [1.54, 1.807) is 24.3 Å². The van der Waals surface area contributed by atoms with Crippen molar-refractivity contribution in [2.75, 3.05) is 0 Å². The van der Waals surface area contributed by atoms with Crippen molar-refractivity contribution in [2.45, 2.75) is 6.61 Å². The average molecular weight is 334 g/mol. The quantitative estimate of drug-likeness (QED) is 0.802. The molecule has 20 heavy (non-hydrogen) atoms. The maximum atomic E-state index is 13.5. The number of halogens is 2. The molecule has 100 valence electrons. The van der Waals surface area contributed by atoms with E-state index in [9.17, 15) is 9.18 Å². The van der Waals surface area contributed by atoms with E-state index < -0.39 is 11.8 Å². The highest BCUT2D eigenvalue weighted by Gasteiger charge is 2.12. The molecule has 0 amide bonds. The van der Waals surface area contributed by atoms with E-state index in [0.29, 0.717) is 15.6 Å². The molecule has 2 aromatic rings. The topological polar surface area (TPSA) is 50.1 Å². The van der Waals surface area contributed by atoms with Crippen LogP contribution in [0.3, 0.4) is 0 Å². The van der Waals surface area contributed by atoms with Crippen LogP contribution in [0.2, 0.25) is 0 Å². The summed E-state index contributed by atoms with van der Waals surface area (Å²) in [7, 11) is 0. The van der Waals surface area contributed by atoms with Crippen molar-refractivity contribution in [1.29, 1.82) is 5.26 Å². The molecule has 0 aliphatic heterocycles. The van der Waals surface area contributed by atoms with Gasteiger partial charge in [-0.05, 0) is 46.3 Å². The monoisotopic (exact) mass is 333 g/mol. The summed E-state index contributed by atoms with van der Waals surface area (Å²) in [5.74, 6) is -1.07. The van der Waals surface area contributed by atoms with Gasteiger partial charge in [-0.15, -0.1) is 0 Å². The highest BCUT2D eigenvalue weighted by Crippen LogP contribution is 2.18. The smallest absolute Gasteiger partial charge is 0.339 e. The summed E-state index contributed by atoms with van der Waals surface area (Å²) in [5, 5.41) is 8.76. The van der Waals surface area contributed by atoms with Crippen molar-refractivity contribution in [3.8, 4) is 6.07 Å². The van der Waals surface area contributed by atoms with Gasteiger partial charge in [0.1, 0.15) is 12.4 Å². The molecule has 0 aliphatic rings. The number of carbonyl (C=O) groups excluding carboxylic acids is 1. The number of benzene rings is 2. The largest absolute Gasteiger partial charge is 0.457 e. The van der Waals surface area contributed by atoms with Crippen LogP contribution in [0.5, 0.6) is 0 Å². The minimum atomic E-state index is -0.556. The molecule has 0 aromatic heterocycles. The maximum Gasteiger partial charge on any atom is 0.339 e. The highest BCUT2D eigenvalue weighted by molar-refractivity contribution is 9.10. The molecule has 0 atom stereocenters. The number of esters is 1. The van der Waals surface area contributed by atoms with E-state index in [0.717, 1.165) is 0 Å². The molecule has 5 heteroatoms. The van der Waals surface area contributed by atoms with Gasteiger partial charge in [0.25, 0.3) is 0 Å². The molecule has 0 aliphatic carbocycles. The van der Waals surface area contributed by atoms with E-state index in [1.165, 1.54) is 18.2 Å². The van der Waals surface area contributed by atoms with Gasteiger partial charge in [0.15, 0.2) is 0 Å². The standard InChI is InChI=1S/C15H9BrFNO2/c16-13-4-2-1-3-12(13)15(19)20-9-11-7-10(8-18)5-6-14(11)17/h1-7H,9H2. The molecule has 3 nitrogen and oxygen atoms in total. The van der Waals surface area contributed by atoms with E-state index in [4.69, 9.17) is 10.00 Å². The predicted molar refractivity (Wildman–Crippen MR) is 74.4 cm³/mol. The molecule has 0 saturated heterocycles. The molecule has 0 fully saturated rings. The van der Waals surface area contributed by atoms with Crippen molar-refractivity contribution >= 4 is 21.9 Å². The predicted octanol–water partition coefficient (Wildman–Crippen LogP) is 3.82. The third-order valence-electron chi connectivity index (χ3n) is 2.63. The van der Waals surface area contributed by atoms with Gasteiger partial charge in [0.2, 0.25) is 0 Å². The van der Waals surface area contributed by atoms with Crippen molar-refractivity contribution in [2.24, 2.45) is 0 Å². The molecule has 2 aromatic carbocycles. The molecule has 0 bridgehead atoms. The first-order valence-corrected chi connectivity index (χ1v) is 6.51. The summed E-state index contributed by atoms with van der Waals surface area (Å²) in [6.07, 6.45) is 0. The molecule has 0 spiro atoms. The van der Waals surface area contributed by atoms with Gasteiger partial charge in [-0.1, -0.05) is 12.1 Å².